The van der Waals surface area contributed by atoms with Crippen LogP contribution in [0, 0.1) is 18.4 Å². The quantitative estimate of drug-likeness (QED) is 0.477. The van der Waals surface area contributed by atoms with Gasteiger partial charge in [0.25, 0.3) is 5.91 Å². The van der Waals surface area contributed by atoms with Crippen LogP contribution in [0.1, 0.15) is 38.3 Å². The summed E-state index contributed by atoms with van der Waals surface area (Å²) in [6, 6.07) is 6.18. The first-order chi connectivity index (χ1) is 11.8. The third-order valence-electron chi connectivity index (χ3n) is 6.82. The highest BCUT2D eigenvalue weighted by molar-refractivity contribution is 6.33. The molecule has 1 fully saturated rings. The van der Waals surface area contributed by atoms with E-state index in [1.807, 2.05) is 23.5 Å². The molecule has 4 rings (SSSR count). The highest BCUT2D eigenvalue weighted by atomic mass is 35.5. The lowest BCUT2D eigenvalue weighted by Crippen LogP contribution is -2.90. The van der Waals surface area contributed by atoms with Crippen LogP contribution in [0.4, 0.5) is 5.69 Å². The molecule has 0 unspecified atom stereocenters. The van der Waals surface area contributed by atoms with E-state index in [1.165, 1.54) is 11.1 Å². The molecule has 0 aromatic heterocycles. The molecule has 0 bridgehead atoms. The number of fused-ring (bicyclic) bond motifs is 1. The van der Waals surface area contributed by atoms with E-state index in [-0.39, 0.29) is 34.1 Å². The van der Waals surface area contributed by atoms with Crippen LogP contribution < -0.4 is 10.6 Å². The van der Waals surface area contributed by atoms with Crippen molar-refractivity contribution in [1.29, 1.82) is 0 Å². The number of hydrogen-bond acceptors (Lipinski definition) is 1. The van der Waals surface area contributed by atoms with Crippen molar-refractivity contribution in [3.63, 3.8) is 0 Å². The fraction of sp³-hybridized carbons (Fsp3) is 0.429. The molecule has 4 atom stereocenters. The van der Waals surface area contributed by atoms with Crippen molar-refractivity contribution in [2.24, 2.45) is 11.3 Å². The van der Waals surface area contributed by atoms with E-state index in [9.17, 15) is 4.79 Å². The lowest BCUT2D eigenvalue weighted by atomic mass is 9.53. The lowest BCUT2D eigenvalue weighted by molar-refractivity contribution is -0.639. The van der Waals surface area contributed by atoms with E-state index in [0.717, 1.165) is 23.2 Å². The molecule has 1 amide bonds. The molecular formula is C21H25ClN2O. The van der Waals surface area contributed by atoms with Gasteiger partial charge >= 0.3 is 0 Å². The van der Waals surface area contributed by atoms with E-state index in [4.69, 9.17) is 11.6 Å². The maximum Gasteiger partial charge on any atom is 0.256 e. The van der Waals surface area contributed by atoms with Gasteiger partial charge in [-0.1, -0.05) is 32.1 Å². The van der Waals surface area contributed by atoms with Crippen LogP contribution in [-0.4, -0.2) is 17.3 Å². The average Bonchev–Trinajstić information content (AvgIpc) is 2.91. The van der Waals surface area contributed by atoms with Crippen LogP contribution in [0.15, 0.2) is 36.4 Å². The minimum absolute atomic E-state index is 0.00392. The van der Waals surface area contributed by atoms with Gasteiger partial charge in [0.2, 0.25) is 0 Å². The standard InChI is InChI=1S/C21H25ClN2O/c1-6-21(4)14(22)10-12-16(18(21)23-5)17-15-11(20(12,2)3)8-7-9-13(15)24-19(17)25/h6-9,12,14,18H,1,5,10,23H2,2-4H3,(H,24,25)/t12-,14+,18+,21-/m0/s1. The van der Waals surface area contributed by atoms with Crippen molar-refractivity contribution in [3.8, 4) is 0 Å². The maximum absolute atomic E-state index is 12.9. The molecule has 4 heteroatoms. The Morgan fingerprint density at radius 1 is 1.40 bits per heavy atom. The molecule has 3 aliphatic rings. The third kappa shape index (κ3) is 1.94. The number of carbonyl (C=O) groups excluding carboxylic acids is 1. The Kier molecular flexibility index (Phi) is 3.52. The molecule has 2 aliphatic carbocycles. The smallest absolute Gasteiger partial charge is 0.256 e. The van der Waals surface area contributed by atoms with Crippen molar-refractivity contribution in [1.82, 2.24) is 0 Å². The Bertz CT molecular complexity index is 825. The third-order valence-corrected chi connectivity index (χ3v) is 7.47. The summed E-state index contributed by atoms with van der Waals surface area (Å²) in [5.41, 5.74) is 4.87. The molecule has 3 nitrogen and oxygen atoms in total. The number of rotatable bonds is 2. The first-order valence-electron chi connectivity index (χ1n) is 8.86. The average molecular weight is 357 g/mol. The Morgan fingerprint density at radius 3 is 2.76 bits per heavy atom. The van der Waals surface area contributed by atoms with Crippen molar-refractivity contribution in [3.05, 3.63) is 54.6 Å². The second-order valence-corrected chi connectivity index (χ2v) is 8.80. The summed E-state index contributed by atoms with van der Waals surface area (Å²) < 4.78 is 0. The Hall–Kier alpha value is -1.58. The van der Waals surface area contributed by atoms with Gasteiger partial charge < -0.3 is 10.6 Å². The number of halogens is 1. The minimum Gasteiger partial charge on any atom is -0.472 e. The second kappa shape index (κ2) is 5.21. The zero-order valence-electron chi connectivity index (χ0n) is 15.0. The predicted molar refractivity (Wildman–Crippen MR) is 102 cm³/mol. The van der Waals surface area contributed by atoms with Gasteiger partial charge in [0.05, 0.1) is 17.0 Å². The molecule has 1 aromatic rings. The number of hydrogen-bond donors (Lipinski definition) is 2. The van der Waals surface area contributed by atoms with Gasteiger partial charge in [-0.05, 0) is 36.3 Å². The van der Waals surface area contributed by atoms with Gasteiger partial charge in [-0.3, -0.25) is 4.79 Å². The van der Waals surface area contributed by atoms with Crippen molar-refractivity contribution in [2.75, 3.05) is 5.32 Å². The van der Waals surface area contributed by atoms with Gasteiger partial charge in [0, 0.05) is 22.2 Å². The molecule has 1 aromatic carbocycles. The number of carbonyl (C=O) groups is 1. The van der Waals surface area contributed by atoms with E-state index in [1.54, 1.807) is 0 Å². The summed E-state index contributed by atoms with van der Waals surface area (Å²) in [6.07, 6.45) is 2.78. The van der Waals surface area contributed by atoms with Crippen molar-refractivity contribution < 1.29 is 10.1 Å². The number of amides is 1. The van der Waals surface area contributed by atoms with Crippen LogP contribution >= 0.6 is 11.6 Å². The number of nitrogens with two attached hydrogens (primary N) is 1. The predicted octanol–water partition coefficient (Wildman–Crippen LogP) is 3.23. The van der Waals surface area contributed by atoms with Gasteiger partial charge in [0.1, 0.15) is 0 Å². The van der Waals surface area contributed by atoms with Gasteiger partial charge in [-0.25, -0.2) is 0 Å². The van der Waals surface area contributed by atoms with Gasteiger partial charge in [0.15, 0.2) is 0 Å². The van der Waals surface area contributed by atoms with Crippen molar-refractivity contribution in [2.45, 2.75) is 44.0 Å². The number of anilines is 1. The molecule has 0 spiro atoms. The topological polar surface area (TPSA) is 45.7 Å². The van der Waals surface area contributed by atoms with Crippen LogP contribution in [-0.2, 0) is 10.2 Å². The summed E-state index contributed by atoms with van der Waals surface area (Å²) in [5, 5.41) is 4.97. The molecule has 1 saturated carbocycles. The molecule has 3 N–H and O–H groups in total. The van der Waals surface area contributed by atoms with Gasteiger partial charge in [-0.15, -0.1) is 18.2 Å². The normalized spacial score (nSPS) is 35.1. The van der Waals surface area contributed by atoms with Crippen LogP contribution in [0.3, 0.4) is 0 Å². The molecule has 25 heavy (non-hydrogen) atoms. The minimum atomic E-state index is -0.312. The molecule has 132 valence electrons. The van der Waals surface area contributed by atoms with E-state index >= 15 is 0 Å². The zero-order valence-corrected chi connectivity index (χ0v) is 15.8. The summed E-state index contributed by atoms with van der Waals surface area (Å²) in [6.45, 7) is 10.7. The van der Waals surface area contributed by atoms with Gasteiger partial charge in [-0.2, -0.15) is 7.05 Å². The monoisotopic (exact) mass is 356 g/mol. The van der Waals surface area contributed by atoms with Crippen molar-refractivity contribution >= 4 is 28.8 Å². The second-order valence-electron chi connectivity index (χ2n) is 8.27. The Morgan fingerprint density at radius 2 is 2.12 bits per heavy atom. The fourth-order valence-electron chi connectivity index (χ4n) is 5.21. The number of quaternary nitrogens is 1. The van der Waals surface area contributed by atoms with Crippen LogP contribution in [0.2, 0.25) is 0 Å². The largest absolute Gasteiger partial charge is 0.472 e. The zero-order chi connectivity index (χ0) is 18.1. The lowest BCUT2D eigenvalue weighted by Gasteiger charge is -2.53. The maximum atomic E-state index is 12.9. The van der Waals surface area contributed by atoms with E-state index in [0.29, 0.717) is 0 Å². The molecule has 0 saturated heterocycles. The molecule has 0 radical (unpaired) electrons. The van der Waals surface area contributed by atoms with Crippen LogP contribution in [0.25, 0.3) is 5.57 Å². The summed E-state index contributed by atoms with van der Waals surface area (Å²) in [4.78, 5) is 12.9. The summed E-state index contributed by atoms with van der Waals surface area (Å²) in [5.74, 6) is 0.219. The number of alkyl halides is 1. The van der Waals surface area contributed by atoms with Crippen LogP contribution in [0.5, 0.6) is 0 Å². The fourth-order valence-corrected chi connectivity index (χ4v) is 5.61. The molecule has 1 aliphatic heterocycles. The first-order valence-corrected chi connectivity index (χ1v) is 9.30. The Balaban J connectivity index is 2.08. The highest BCUT2D eigenvalue weighted by Gasteiger charge is 2.57. The SMILES string of the molecule is C=C[C@@]1(C)[C@H](Cl)C[C@H]2C(=C3C(=O)Nc4cccc(c43)C2(C)C)[C@H]1[NH2+][CH2-]. The highest BCUT2D eigenvalue weighted by Crippen LogP contribution is 2.58. The van der Waals surface area contributed by atoms with E-state index in [2.05, 4.69) is 45.8 Å². The number of nitrogens with one attached hydrogen (secondary N) is 1. The molecular weight excluding hydrogens is 332 g/mol. The molecule has 1 heterocycles. The first kappa shape index (κ1) is 16.9. The Labute approximate surface area is 154 Å². The number of benzene rings is 1. The van der Waals surface area contributed by atoms with E-state index < -0.39 is 0 Å². The summed E-state index contributed by atoms with van der Waals surface area (Å²) in [7, 11) is 4.10. The summed E-state index contributed by atoms with van der Waals surface area (Å²) >= 11 is 6.87.